The van der Waals surface area contributed by atoms with E-state index < -0.39 is 0 Å². The van der Waals surface area contributed by atoms with E-state index in [1.54, 1.807) is 0 Å². The predicted octanol–water partition coefficient (Wildman–Crippen LogP) is 0.592. The molecule has 0 N–H and O–H groups in total. The summed E-state index contributed by atoms with van der Waals surface area (Å²) >= 11 is 0. The fourth-order valence-corrected chi connectivity index (χ4v) is 2.20. The predicted molar refractivity (Wildman–Crippen MR) is 70.6 cm³/mol. The van der Waals surface area contributed by atoms with Crippen molar-refractivity contribution in [3.8, 4) is 0 Å². The van der Waals surface area contributed by atoms with Crippen LogP contribution in [0.15, 0.2) is 0 Å². The molecule has 0 aromatic carbocycles. The number of morpholine rings is 1. The van der Waals surface area contributed by atoms with Crippen molar-refractivity contribution in [3.63, 3.8) is 0 Å². The highest BCUT2D eigenvalue weighted by Crippen LogP contribution is 2.07. The lowest BCUT2D eigenvalue weighted by Gasteiger charge is -2.34. The number of carbonyl (C=O) groups is 1. The number of methoxy groups -OCH3 is 1. The number of esters is 1. The zero-order valence-electron chi connectivity index (χ0n) is 11.9. The molecule has 0 amide bonds. The first-order valence-electron chi connectivity index (χ1n) is 6.82. The molecule has 0 saturated carbocycles. The van der Waals surface area contributed by atoms with Crippen molar-refractivity contribution in [1.82, 2.24) is 9.80 Å². The average Bonchev–Trinajstić information content (AvgIpc) is 2.43. The summed E-state index contributed by atoms with van der Waals surface area (Å²) in [5.74, 6) is -0.145. The highest BCUT2D eigenvalue weighted by molar-refractivity contribution is 5.69. The van der Waals surface area contributed by atoms with Crippen LogP contribution in [0.5, 0.6) is 0 Å². The molecule has 1 rings (SSSR count). The van der Waals surface area contributed by atoms with E-state index in [1.807, 2.05) is 0 Å². The van der Waals surface area contributed by atoms with Gasteiger partial charge in [-0.3, -0.25) is 9.69 Å². The molecule has 1 aliphatic rings. The van der Waals surface area contributed by atoms with E-state index in [2.05, 4.69) is 28.4 Å². The summed E-state index contributed by atoms with van der Waals surface area (Å²) in [4.78, 5) is 15.8. The monoisotopic (exact) mass is 258 g/mol. The van der Waals surface area contributed by atoms with Crippen LogP contribution in [-0.4, -0.2) is 74.9 Å². The lowest BCUT2D eigenvalue weighted by Crippen LogP contribution is -2.47. The maximum absolute atomic E-state index is 11.1. The Hall–Kier alpha value is -0.650. The van der Waals surface area contributed by atoms with Gasteiger partial charge in [0, 0.05) is 26.2 Å². The fraction of sp³-hybridized carbons (Fsp3) is 0.923. The van der Waals surface area contributed by atoms with E-state index in [0.717, 1.165) is 45.9 Å². The van der Waals surface area contributed by atoms with E-state index in [1.165, 1.54) is 7.11 Å². The third-order valence-electron chi connectivity index (χ3n) is 3.44. The van der Waals surface area contributed by atoms with Crippen LogP contribution in [0.3, 0.4) is 0 Å². The van der Waals surface area contributed by atoms with E-state index >= 15 is 0 Å². The Balaban J connectivity index is 2.30. The average molecular weight is 258 g/mol. The Labute approximate surface area is 110 Å². The molecule has 1 fully saturated rings. The zero-order chi connectivity index (χ0) is 13.4. The second-order valence-electron chi connectivity index (χ2n) is 4.61. The van der Waals surface area contributed by atoms with Gasteiger partial charge >= 0.3 is 5.97 Å². The van der Waals surface area contributed by atoms with Crippen molar-refractivity contribution >= 4 is 5.97 Å². The van der Waals surface area contributed by atoms with Crippen molar-refractivity contribution in [2.75, 3.05) is 53.0 Å². The molecule has 106 valence electrons. The van der Waals surface area contributed by atoms with Crippen LogP contribution in [0.25, 0.3) is 0 Å². The molecule has 0 bridgehead atoms. The van der Waals surface area contributed by atoms with E-state index in [9.17, 15) is 4.79 Å². The molecule has 18 heavy (non-hydrogen) atoms. The smallest absolute Gasteiger partial charge is 0.306 e. The van der Waals surface area contributed by atoms with Gasteiger partial charge in [0.15, 0.2) is 0 Å². The minimum absolute atomic E-state index is 0.145. The maximum atomic E-state index is 11.1. The van der Waals surface area contributed by atoms with Gasteiger partial charge in [-0.2, -0.15) is 0 Å². The Morgan fingerprint density at radius 2 is 2.28 bits per heavy atom. The van der Waals surface area contributed by atoms with Gasteiger partial charge in [0.1, 0.15) is 0 Å². The van der Waals surface area contributed by atoms with E-state index in [0.29, 0.717) is 6.42 Å². The zero-order valence-corrected chi connectivity index (χ0v) is 11.9. The third-order valence-corrected chi connectivity index (χ3v) is 3.44. The highest BCUT2D eigenvalue weighted by Gasteiger charge is 2.21. The molecule has 1 unspecified atom stereocenters. The molecular formula is C13H26N2O3. The van der Waals surface area contributed by atoms with Crippen molar-refractivity contribution in [2.45, 2.75) is 26.4 Å². The fourth-order valence-electron chi connectivity index (χ4n) is 2.20. The molecule has 5 nitrogen and oxygen atoms in total. The van der Waals surface area contributed by atoms with Gasteiger partial charge in [0.05, 0.1) is 26.2 Å². The molecule has 5 heteroatoms. The summed E-state index contributed by atoms with van der Waals surface area (Å²) in [6, 6.07) is 0. The number of hydrogen-bond acceptors (Lipinski definition) is 5. The Morgan fingerprint density at radius 3 is 2.89 bits per heavy atom. The van der Waals surface area contributed by atoms with Crippen LogP contribution in [0, 0.1) is 0 Å². The normalized spacial score (nSPS) is 21.2. The molecule has 0 aromatic rings. The Bertz CT molecular complexity index is 248. The molecule has 1 atom stereocenters. The van der Waals surface area contributed by atoms with E-state index in [4.69, 9.17) is 4.74 Å². The molecule has 0 aliphatic carbocycles. The number of ether oxygens (including phenoxy) is 2. The van der Waals surface area contributed by atoms with Crippen LogP contribution >= 0.6 is 0 Å². The third kappa shape index (κ3) is 5.33. The number of carbonyl (C=O) groups excluding carboxylic acids is 1. The SMILES string of the molecule is CCN1CCOC(CN(CC)CCC(=O)OC)C1. The summed E-state index contributed by atoms with van der Waals surface area (Å²) in [5, 5.41) is 0. The van der Waals surface area contributed by atoms with Gasteiger partial charge in [-0.05, 0) is 13.1 Å². The summed E-state index contributed by atoms with van der Waals surface area (Å²) in [6.07, 6.45) is 0.713. The topological polar surface area (TPSA) is 42.0 Å². The lowest BCUT2D eigenvalue weighted by atomic mass is 10.2. The first kappa shape index (κ1) is 15.4. The van der Waals surface area contributed by atoms with Gasteiger partial charge in [-0.1, -0.05) is 13.8 Å². The Morgan fingerprint density at radius 1 is 1.50 bits per heavy atom. The van der Waals surface area contributed by atoms with Crippen molar-refractivity contribution in [3.05, 3.63) is 0 Å². The number of likely N-dealkylation sites (N-methyl/N-ethyl adjacent to an activating group) is 2. The lowest BCUT2D eigenvalue weighted by molar-refractivity contribution is -0.141. The van der Waals surface area contributed by atoms with Crippen LogP contribution in [0.1, 0.15) is 20.3 Å². The van der Waals surface area contributed by atoms with Gasteiger partial charge in [-0.25, -0.2) is 0 Å². The first-order valence-corrected chi connectivity index (χ1v) is 6.82. The molecule has 0 spiro atoms. The van der Waals surface area contributed by atoms with Crippen LogP contribution < -0.4 is 0 Å². The minimum atomic E-state index is -0.145. The maximum Gasteiger partial charge on any atom is 0.306 e. The van der Waals surface area contributed by atoms with Crippen LogP contribution in [-0.2, 0) is 14.3 Å². The number of hydrogen-bond donors (Lipinski definition) is 0. The van der Waals surface area contributed by atoms with Gasteiger partial charge in [0.2, 0.25) is 0 Å². The molecule has 1 saturated heterocycles. The van der Waals surface area contributed by atoms with Crippen molar-refractivity contribution in [2.24, 2.45) is 0 Å². The van der Waals surface area contributed by atoms with Crippen LogP contribution in [0.4, 0.5) is 0 Å². The Kier molecular flexibility index (Phi) is 7.23. The quantitative estimate of drug-likeness (QED) is 0.625. The van der Waals surface area contributed by atoms with Crippen molar-refractivity contribution in [1.29, 1.82) is 0 Å². The summed E-state index contributed by atoms with van der Waals surface area (Å²) in [7, 11) is 1.43. The summed E-state index contributed by atoms with van der Waals surface area (Å²) in [6.45, 7) is 10.8. The largest absolute Gasteiger partial charge is 0.469 e. The second kappa shape index (κ2) is 8.45. The van der Waals surface area contributed by atoms with E-state index in [-0.39, 0.29) is 12.1 Å². The molecule has 1 aliphatic heterocycles. The summed E-state index contributed by atoms with van der Waals surface area (Å²) < 4.78 is 10.4. The summed E-state index contributed by atoms with van der Waals surface area (Å²) in [5.41, 5.74) is 0. The molecule has 1 heterocycles. The molecule has 0 aromatic heterocycles. The van der Waals surface area contributed by atoms with Crippen LogP contribution in [0.2, 0.25) is 0 Å². The molecule has 0 radical (unpaired) electrons. The minimum Gasteiger partial charge on any atom is -0.469 e. The van der Waals surface area contributed by atoms with Crippen molar-refractivity contribution < 1.29 is 14.3 Å². The number of rotatable bonds is 7. The highest BCUT2D eigenvalue weighted by atomic mass is 16.5. The molecular weight excluding hydrogens is 232 g/mol. The number of nitrogens with zero attached hydrogens (tertiary/aromatic N) is 2. The van der Waals surface area contributed by atoms with Gasteiger partial charge < -0.3 is 14.4 Å². The first-order chi connectivity index (χ1) is 8.69. The van der Waals surface area contributed by atoms with Gasteiger partial charge in [-0.15, -0.1) is 0 Å². The standard InChI is InChI=1S/C13H26N2O3/c1-4-14(7-6-13(16)17-3)10-12-11-15(5-2)8-9-18-12/h12H,4-11H2,1-3H3. The van der Waals surface area contributed by atoms with Gasteiger partial charge in [0.25, 0.3) is 0 Å². The second-order valence-corrected chi connectivity index (χ2v) is 4.61.